The fraction of sp³-hybridized carbons (Fsp3) is 0.333. The van der Waals surface area contributed by atoms with Crippen molar-refractivity contribution >= 4 is 62.5 Å². The van der Waals surface area contributed by atoms with Crippen LogP contribution in [0.3, 0.4) is 0 Å². The molecule has 1 N–H and O–H groups in total. The molecule has 1 unspecified atom stereocenters. The first-order valence-electron chi connectivity index (χ1n) is 4.06. The van der Waals surface area contributed by atoms with Crippen LogP contribution in [0.25, 0.3) is 0 Å². The van der Waals surface area contributed by atoms with Gasteiger partial charge in [-0.2, -0.15) is 0 Å². The number of hydrogen-bond acceptors (Lipinski definition) is 1. The molecule has 1 atom stereocenters. The fourth-order valence-corrected chi connectivity index (χ4v) is 3.41. The van der Waals surface area contributed by atoms with Crippen molar-refractivity contribution in [2.45, 2.75) is 10.3 Å². The lowest BCUT2D eigenvalue weighted by atomic mass is 10.0. The van der Waals surface area contributed by atoms with E-state index >= 15 is 0 Å². The summed E-state index contributed by atoms with van der Waals surface area (Å²) in [5, 5.41) is 4.29. The predicted molar refractivity (Wildman–Crippen MR) is 74.0 cm³/mol. The van der Waals surface area contributed by atoms with Crippen molar-refractivity contribution in [1.29, 1.82) is 0 Å². The molecule has 1 nitrogen and oxygen atoms in total. The second-order valence-corrected chi connectivity index (χ2v) is 6.05. The molecule has 0 saturated heterocycles. The first-order chi connectivity index (χ1) is 6.20. The normalized spacial score (nSPS) is 20.7. The highest BCUT2D eigenvalue weighted by Crippen LogP contribution is 2.42. The van der Waals surface area contributed by atoms with E-state index in [-0.39, 0.29) is 0 Å². The zero-order valence-corrected chi connectivity index (χ0v) is 11.9. The van der Waals surface area contributed by atoms with Crippen LogP contribution in [0.4, 0.5) is 5.69 Å². The third-order valence-electron chi connectivity index (χ3n) is 2.16. The van der Waals surface area contributed by atoms with Crippen LogP contribution < -0.4 is 5.32 Å². The molecule has 13 heavy (non-hydrogen) atoms. The van der Waals surface area contributed by atoms with Gasteiger partial charge in [0.2, 0.25) is 0 Å². The van der Waals surface area contributed by atoms with Gasteiger partial charge < -0.3 is 5.32 Å². The summed E-state index contributed by atoms with van der Waals surface area (Å²) < 4.78 is 1.69. The maximum Gasteiger partial charge on any atom is 0.0602 e. The first kappa shape index (κ1) is 10.3. The van der Waals surface area contributed by atoms with Crippen molar-refractivity contribution < 1.29 is 0 Å². The topological polar surface area (TPSA) is 12.0 Å². The second kappa shape index (κ2) is 4.10. The van der Waals surface area contributed by atoms with Gasteiger partial charge in [-0.15, -0.1) is 0 Å². The van der Waals surface area contributed by atoms with Crippen LogP contribution in [0.5, 0.6) is 0 Å². The van der Waals surface area contributed by atoms with Gasteiger partial charge in [-0.05, 0) is 41.1 Å². The standard InChI is InChI=1S/C9H8ClI2N/c10-9-6(12)1-2-7-8(9)5(11)3-4-13-7/h1-2,5,13H,3-4H2. The van der Waals surface area contributed by atoms with Gasteiger partial charge in [-0.1, -0.05) is 34.2 Å². The van der Waals surface area contributed by atoms with Crippen molar-refractivity contribution in [2.75, 3.05) is 11.9 Å². The number of rotatable bonds is 0. The number of alkyl halides is 1. The molecule has 1 aromatic carbocycles. The zero-order chi connectivity index (χ0) is 9.42. The quantitative estimate of drug-likeness (QED) is 0.490. The van der Waals surface area contributed by atoms with E-state index in [4.69, 9.17) is 11.6 Å². The molecule has 1 aromatic rings. The fourth-order valence-electron chi connectivity index (χ4n) is 1.50. The molecule has 0 fully saturated rings. The Balaban J connectivity index is 2.58. The van der Waals surface area contributed by atoms with E-state index in [0.29, 0.717) is 3.92 Å². The van der Waals surface area contributed by atoms with Gasteiger partial charge >= 0.3 is 0 Å². The van der Waals surface area contributed by atoms with E-state index in [1.54, 1.807) is 0 Å². The number of benzene rings is 1. The minimum absolute atomic E-state index is 0.552. The lowest BCUT2D eigenvalue weighted by Gasteiger charge is -2.24. The Labute approximate surface area is 110 Å². The van der Waals surface area contributed by atoms with E-state index in [0.717, 1.165) is 21.6 Å². The SMILES string of the molecule is Clc1c(I)ccc2c1C(I)CCN2. The molecule has 1 aliphatic heterocycles. The maximum absolute atomic E-state index is 6.25. The zero-order valence-electron chi connectivity index (χ0n) is 6.78. The van der Waals surface area contributed by atoms with Crippen LogP contribution in [0.1, 0.15) is 15.9 Å². The minimum atomic E-state index is 0.552. The molecule has 0 bridgehead atoms. The van der Waals surface area contributed by atoms with Gasteiger partial charge in [0.25, 0.3) is 0 Å². The van der Waals surface area contributed by atoms with E-state index < -0.39 is 0 Å². The van der Waals surface area contributed by atoms with Gasteiger partial charge in [-0.3, -0.25) is 0 Å². The average molecular weight is 419 g/mol. The summed E-state index contributed by atoms with van der Waals surface area (Å²) >= 11 is 11.0. The monoisotopic (exact) mass is 419 g/mol. The number of anilines is 1. The molecule has 4 heteroatoms. The third-order valence-corrected chi connectivity index (χ3v) is 5.03. The Morgan fingerprint density at radius 3 is 3.00 bits per heavy atom. The lowest BCUT2D eigenvalue weighted by molar-refractivity contribution is 0.834. The Kier molecular flexibility index (Phi) is 3.25. The molecule has 1 aliphatic rings. The van der Waals surface area contributed by atoms with E-state index in [2.05, 4.69) is 62.6 Å². The summed E-state index contributed by atoms with van der Waals surface area (Å²) in [5.41, 5.74) is 2.48. The molecule has 70 valence electrons. The smallest absolute Gasteiger partial charge is 0.0602 e. The first-order valence-corrected chi connectivity index (χ1v) is 6.76. The highest BCUT2D eigenvalue weighted by molar-refractivity contribution is 14.1. The predicted octanol–water partition coefficient (Wildman–Crippen LogP) is 4.24. The largest absolute Gasteiger partial charge is 0.385 e. The summed E-state index contributed by atoms with van der Waals surface area (Å²) in [5.74, 6) is 0. The summed E-state index contributed by atoms with van der Waals surface area (Å²) in [6.45, 7) is 1.05. The molecule has 0 aromatic heterocycles. The number of hydrogen-bond donors (Lipinski definition) is 1. The second-order valence-electron chi connectivity index (χ2n) is 3.01. The van der Waals surface area contributed by atoms with Crippen LogP contribution in [-0.2, 0) is 0 Å². The van der Waals surface area contributed by atoms with Crippen molar-refractivity contribution in [1.82, 2.24) is 0 Å². The maximum atomic E-state index is 6.25. The molecule has 0 radical (unpaired) electrons. The third kappa shape index (κ3) is 1.92. The van der Waals surface area contributed by atoms with Crippen molar-refractivity contribution in [3.05, 3.63) is 26.3 Å². The Morgan fingerprint density at radius 1 is 1.46 bits per heavy atom. The lowest BCUT2D eigenvalue weighted by Crippen LogP contribution is -2.14. The highest BCUT2D eigenvalue weighted by Gasteiger charge is 2.21. The Morgan fingerprint density at radius 2 is 2.23 bits per heavy atom. The van der Waals surface area contributed by atoms with Gasteiger partial charge in [0.05, 0.1) is 5.02 Å². The molecule has 0 aliphatic carbocycles. The Bertz CT molecular complexity index is 341. The van der Waals surface area contributed by atoms with Gasteiger partial charge in [0.1, 0.15) is 0 Å². The summed E-state index contributed by atoms with van der Waals surface area (Å²) in [6.07, 6.45) is 1.16. The molecule has 0 amide bonds. The molecule has 0 spiro atoms. The molecule has 0 saturated carbocycles. The average Bonchev–Trinajstić information content (AvgIpc) is 2.12. The van der Waals surface area contributed by atoms with Crippen LogP contribution in [0.15, 0.2) is 12.1 Å². The van der Waals surface area contributed by atoms with Gasteiger partial charge in [-0.25, -0.2) is 0 Å². The minimum Gasteiger partial charge on any atom is -0.385 e. The summed E-state index contributed by atoms with van der Waals surface area (Å²) in [4.78, 5) is 0. The molecule has 1 heterocycles. The van der Waals surface area contributed by atoms with Crippen molar-refractivity contribution in [3.63, 3.8) is 0 Å². The summed E-state index contributed by atoms with van der Waals surface area (Å²) in [7, 11) is 0. The van der Waals surface area contributed by atoms with Crippen molar-refractivity contribution in [3.8, 4) is 0 Å². The van der Waals surface area contributed by atoms with Crippen LogP contribution >= 0.6 is 56.8 Å². The van der Waals surface area contributed by atoms with Gasteiger partial charge in [0.15, 0.2) is 0 Å². The summed E-state index contributed by atoms with van der Waals surface area (Å²) in [6, 6.07) is 4.18. The Hall–Kier alpha value is 0.770. The molecular formula is C9H8ClI2N. The number of halogens is 3. The highest BCUT2D eigenvalue weighted by atomic mass is 127. The van der Waals surface area contributed by atoms with Crippen molar-refractivity contribution in [2.24, 2.45) is 0 Å². The number of fused-ring (bicyclic) bond motifs is 1. The van der Waals surface area contributed by atoms with Gasteiger partial charge in [0, 0.05) is 25.3 Å². The molecular weight excluding hydrogens is 411 g/mol. The van der Waals surface area contributed by atoms with E-state index in [9.17, 15) is 0 Å². The van der Waals surface area contributed by atoms with Crippen LogP contribution in [0.2, 0.25) is 5.02 Å². The van der Waals surface area contributed by atoms with Crippen LogP contribution in [0, 0.1) is 3.57 Å². The van der Waals surface area contributed by atoms with E-state index in [1.807, 2.05) is 0 Å². The molecule has 2 rings (SSSR count). The number of nitrogens with one attached hydrogen (secondary N) is 1. The van der Waals surface area contributed by atoms with Crippen LogP contribution in [-0.4, -0.2) is 6.54 Å². The van der Waals surface area contributed by atoms with E-state index in [1.165, 1.54) is 11.3 Å².